The van der Waals surface area contributed by atoms with Crippen molar-refractivity contribution in [3.05, 3.63) is 35.6 Å². The fourth-order valence-corrected chi connectivity index (χ4v) is 1.38. The lowest BCUT2D eigenvalue weighted by Crippen LogP contribution is -2.19. The number of nitrogens with zero attached hydrogens (tertiary/aromatic N) is 1. The molecule has 0 aliphatic heterocycles. The third-order valence-corrected chi connectivity index (χ3v) is 2.00. The van der Waals surface area contributed by atoms with E-state index < -0.39 is 0 Å². The Morgan fingerprint density at radius 2 is 2.00 bits per heavy atom. The SMILES string of the molecule is CCCN(C)Cc1ccccc1F. The van der Waals surface area contributed by atoms with E-state index in [0.717, 1.165) is 18.5 Å². The standard InChI is InChI=1S/C11H16FN/c1-3-8-13(2)9-10-6-4-5-7-11(10)12/h4-7H,3,8-9H2,1-2H3. The van der Waals surface area contributed by atoms with Crippen molar-refractivity contribution in [3.63, 3.8) is 0 Å². The first-order chi connectivity index (χ1) is 6.24. The highest BCUT2D eigenvalue weighted by Crippen LogP contribution is 2.08. The van der Waals surface area contributed by atoms with Gasteiger partial charge in [-0.15, -0.1) is 0 Å². The number of hydrogen-bond acceptors (Lipinski definition) is 1. The summed E-state index contributed by atoms with van der Waals surface area (Å²) in [4.78, 5) is 2.12. The predicted octanol–water partition coefficient (Wildman–Crippen LogP) is 2.67. The van der Waals surface area contributed by atoms with Gasteiger partial charge in [0.1, 0.15) is 5.82 Å². The maximum atomic E-state index is 13.2. The molecule has 0 aromatic heterocycles. The zero-order chi connectivity index (χ0) is 9.68. The third kappa shape index (κ3) is 3.15. The van der Waals surface area contributed by atoms with Gasteiger partial charge in [-0.25, -0.2) is 4.39 Å². The Balaban J connectivity index is 2.58. The molecule has 0 fully saturated rings. The van der Waals surface area contributed by atoms with Crippen LogP contribution in [0.25, 0.3) is 0 Å². The Morgan fingerprint density at radius 3 is 2.62 bits per heavy atom. The Bertz CT molecular complexity index is 260. The highest BCUT2D eigenvalue weighted by molar-refractivity contribution is 5.16. The van der Waals surface area contributed by atoms with E-state index in [0.29, 0.717) is 6.54 Å². The van der Waals surface area contributed by atoms with E-state index in [2.05, 4.69) is 11.8 Å². The molecule has 0 atom stereocenters. The van der Waals surface area contributed by atoms with Gasteiger partial charge in [-0.2, -0.15) is 0 Å². The molecule has 0 N–H and O–H groups in total. The van der Waals surface area contributed by atoms with Crippen LogP contribution in [-0.2, 0) is 6.54 Å². The summed E-state index contributed by atoms with van der Waals surface area (Å²) in [5, 5.41) is 0. The molecule has 0 radical (unpaired) electrons. The van der Waals surface area contributed by atoms with Crippen LogP contribution in [0.2, 0.25) is 0 Å². The molecule has 1 aromatic rings. The Hall–Kier alpha value is -0.890. The molecule has 1 aromatic carbocycles. The number of hydrogen-bond donors (Lipinski definition) is 0. The molecule has 72 valence electrons. The van der Waals surface area contributed by atoms with Crippen LogP contribution < -0.4 is 0 Å². The smallest absolute Gasteiger partial charge is 0.127 e. The summed E-state index contributed by atoms with van der Waals surface area (Å²) < 4.78 is 13.2. The Labute approximate surface area is 79.2 Å². The lowest BCUT2D eigenvalue weighted by atomic mass is 10.2. The van der Waals surface area contributed by atoms with Crippen LogP contribution in [0.1, 0.15) is 18.9 Å². The molecule has 0 aliphatic rings. The quantitative estimate of drug-likeness (QED) is 0.690. The Kier molecular flexibility index (Phi) is 3.90. The molecule has 13 heavy (non-hydrogen) atoms. The Morgan fingerprint density at radius 1 is 1.31 bits per heavy atom. The molecule has 0 saturated carbocycles. The van der Waals surface area contributed by atoms with Gasteiger partial charge in [0.2, 0.25) is 0 Å². The topological polar surface area (TPSA) is 3.24 Å². The number of benzene rings is 1. The van der Waals surface area contributed by atoms with Gasteiger partial charge in [0.05, 0.1) is 0 Å². The van der Waals surface area contributed by atoms with Gasteiger partial charge in [-0.1, -0.05) is 25.1 Å². The lowest BCUT2D eigenvalue weighted by Gasteiger charge is -2.15. The zero-order valence-electron chi connectivity index (χ0n) is 8.26. The van der Waals surface area contributed by atoms with Gasteiger partial charge < -0.3 is 4.90 Å². The molecule has 0 amide bonds. The summed E-state index contributed by atoms with van der Waals surface area (Å²) >= 11 is 0. The second kappa shape index (κ2) is 4.97. The predicted molar refractivity (Wildman–Crippen MR) is 53.0 cm³/mol. The van der Waals surface area contributed by atoms with Gasteiger partial charge in [-0.05, 0) is 26.1 Å². The second-order valence-corrected chi connectivity index (χ2v) is 3.33. The fourth-order valence-electron chi connectivity index (χ4n) is 1.38. The first kappa shape index (κ1) is 10.2. The minimum atomic E-state index is -0.106. The van der Waals surface area contributed by atoms with E-state index in [1.54, 1.807) is 6.07 Å². The number of halogens is 1. The van der Waals surface area contributed by atoms with Crippen molar-refractivity contribution in [2.75, 3.05) is 13.6 Å². The van der Waals surface area contributed by atoms with Crippen LogP contribution >= 0.6 is 0 Å². The molecule has 0 unspecified atom stereocenters. The minimum Gasteiger partial charge on any atom is -0.302 e. The summed E-state index contributed by atoms with van der Waals surface area (Å²) in [5.74, 6) is -0.106. The van der Waals surface area contributed by atoms with Gasteiger partial charge in [0.25, 0.3) is 0 Å². The highest BCUT2D eigenvalue weighted by atomic mass is 19.1. The first-order valence-corrected chi connectivity index (χ1v) is 4.66. The van der Waals surface area contributed by atoms with E-state index >= 15 is 0 Å². The van der Waals surface area contributed by atoms with Crippen LogP contribution in [-0.4, -0.2) is 18.5 Å². The molecule has 0 spiro atoms. The van der Waals surface area contributed by atoms with Crippen molar-refractivity contribution in [1.82, 2.24) is 4.90 Å². The third-order valence-electron chi connectivity index (χ3n) is 2.00. The molecular weight excluding hydrogens is 165 g/mol. The summed E-state index contributed by atoms with van der Waals surface area (Å²) in [5.41, 5.74) is 0.776. The van der Waals surface area contributed by atoms with Crippen LogP contribution in [0.5, 0.6) is 0 Å². The minimum absolute atomic E-state index is 0.106. The maximum absolute atomic E-state index is 13.2. The van der Waals surface area contributed by atoms with Crippen LogP contribution in [0.4, 0.5) is 4.39 Å². The molecule has 0 aliphatic carbocycles. The largest absolute Gasteiger partial charge is 0.302 e. The molecular formula is C11H16FN. The van der Waals surface area contributed by atoms with Crippen LogP contribution in [0, 0.1) is 5.82 Å². The summed E-state index contributed by atoms with van der Waals surface area (Å²) in [7, 11) is 2.01. The lowest BCUT2D eigenvalue weighted by molar-refractivity contribution is 0.322. The fraction of sp³-hybridized carbons (Fsp3) is 0.455. The average Bonchev–Trinajstić information content (AvgIpc) is 2.09. The number of rotatable bonds is 4. The average molecular weight is 181 g/mol. The van der Waals surface area contributed by atoms with Crippen molar-refractivity contribution in [2.45, 2.75) is 19.9 Å². The van der Waals surface area contributed by atoms with Gasteiger partial charge in [0.15, 0.2) is 0 Å². The summed E-state index contributed by atoms with van der Waals surface area (Å²) in [6, 6.07) is 6.94. The highest BCUT2D eigenvalue weighted by Gasteiger charge is 2.03. The van der Waals surface area contributed by atoms with Crippen LogP contribution in [0.3, 0.4) is 0 Å². The van der Waals surface area contributed by atoms with Crippen molar-refractivity contribution in [3.8, 4) is 0 Å². The maximum Gasteiger partial charge on any atom is 0.127 e. The van der Waals surface area contributed by atoms with E-state index in [1.165, 1.54) is 6.07 Å². The van der Waals surface area contributed by atoms with E-state index in [1.807, 2.05) is 19.2 Å². The van der Waals surface area contributed by atoms with Crippen molar-refractivity contribution in [1.29, 1.82) is 0 Å². The molecule has 2 heteroatoms. The monoisotopic (exact) mass is 181 g/mol. The van der Waals surface area contributed by atoms with E-state index in [9.17, 15) is 4.39 Å². The normalized spacial score (nSPS) is 10.8. The second-order valence-electron chi connectivity index (χ2n) is 3.33. The first-order valence-electron chi connectivity index (χ1n) is 4.66. The van der Waals surface area contributed by atoms with Crippen molar-refractivity contribution in [2.24, 2.45) is 0 Å². The van der Waals surface area contributed by atoms with Crippen LogP contribution in [0.15, 0.2) is 24.3 Å². The molecule has 1 nitrogen and oxygen atoms in total. The zero-order valence-corrected chi connectivity index (χ0v) is 8.26. The van der Waals surface area contributed by atoms with E-state index in [4.69, 9.17) is 0 Å². The molecule has 0 bridgehead atoms. The van der Waals surface area contributed by atoms with E-state index in [-0.39, 0.29) is 5.82 Å². The van der Waals surface area contributed by atoms with Gasteiger partial charge in [-0.3, -0.25) is 0 Å². The summed E-state index contributed by atoms with van der Waals surface area (Å²) in [6.45, 7) is 3.83. The van der Waals surface area contributed by atoms with Gasteiger partial charge >= 0.3 is 0 Å². The van der Waals surface area contributed by atoms with Gasteiger partial charge in [0, 0.05) is 12.1 Å². The molecule has 0 heterocycles. The summed E-state index contributed by atoms with van der Waals surface area (Å²) in [6.07, 6.45) is 1.10. The van der Waals surface area contributed by atoms with Crippen molar-refractivity contribution >= 4 is 0 Å². The van der Waals surface area contributed by atoms with Crippen molar-refractivity contribution < 1.29 is 4.39 Å². The molecule has 0 saturated heterocycles. The molecule has 1 rings (SSSR count).